The molecule has 0 unspecified atom stereocenters. The Bertz CT molecular complexity index is 1320. The van der Waals surface area contributed by atoms with Crippen molar-refractivity contribution in [1.29, 1.82) is 0 Å². The molecule has 0 spiro atoms. The number of urea groups is 1. The minimum absolute atomic E-state index is 0.125. The van der Waals surface area contributed by atoms with E-state index in [1.807, 2.05) is 19.9 Å². The maximum atomic E-state index is 13.0. The Morgan fingerprint density at radius 1 is 1.21 bits per heavy atom. The van der Waals surface area contributed by atoms with E-state index in [0.717, 1.165) is 22.9 Å². The summed E-state index contributed by atoms with van der Waals surface area (Å²) in [6.45, 7) is 3.89. The molecule has 4 rings (SSSR count). The van der Waals surface area contributed by atoms with Gasteiger partial charge in [0, 0.05) is 17.3 Å². The summed E-state index contributed by atoms with van der Waals surface area (Å²) in [7, 11) is 0. The first-order chi connectivity index (χ1) is 16.1. The van der Waals surface area contributed by atoms with E-state index in [9.17, 15) is 18.0 Å². The number of rotatable bonds is 5. The highest BCUT2D eigenvalue weighted by Gasteiger charge is 2.33. The number of hydrogen-bond acceptors (Lipinski definition) is 6. The van der Waals surface area contributed by atoms with E-state index in [1.165, 1.54) is 16.9 Å². The van der Waals surface area contributed by atoms with Gasteiger partial charge in [0.05, 0.1) is 16.3 Å². The van der Waals surface area contributed by atoms with Crippen LogP contribution in [0.2, 0.25) is 5.02 Å². The Balaban J connectivity index is 1.38. The fourth-order valence-electron chi connectivity index (χ4n) is 3.19. The minimum Gasteiger partial charge on any atom is -0.424 e. The van der Waals surface area contributed by atoms with Crippen LogP contribution in [0.3, 0.4) is 0 Å². The molecule has 176 valence electrons. The number of nitrogens with zero attached hydrogens (tertiary/aromatic N) is 5. The molecule has 0 saturated carbocycles. The second-order valence-electron chi connectivity index (χ2n) is 7.21. The van der Waals surface area contributed by atoms with Gasteiger partial charge in [-0.05, 0) is 42.4 Å². The van der Waals surface area contributed by atoms with Crippen molar-refractivity contribution in [2.75, 3.05) is 5.32 Å². The lowest BCUT2D eigenvalue weighted by atomic mass is 10.1. The van der Waals surface area contributed by atoms with Crippen LogP contribution >= 0.6 is 11.6 Å². The normalized spacial score (nSPS) is 11.5. The van der Waals surface area contributed by atoms with E-state index in [4.69, 9.17) is 20.6 Å². The highest BCUT2D eigenvalue weighted by molar-refractivity contribution is 6.31. The highest BCUT2D eigenvalue weighted by Crippen LogP contribution is 2.36. The number of hydrogen-bond donors (Lipinski definition) is 1. The van der Waals surface area contributed by atoms with Gasteiger partial charge in [0.1, 0.15) is 11.5 Å². The zero-order valence-corrected chi connectivity index (χ0v) is 18.5. The second kappa shape index (κ2) is 9.14. The number of nitrogens with one attached hydrogen (secondary N) is 1. The van der Waals surface area contributed by atoms with Crippen LogP contribution in [0.25, 0.3) is 16.4 Å². The molecule has 4 aromatic rings. The zero-order chi connectivity index (χ0) is 24.5. The van der Waals surface area contributed by atoms with E-state index >= 15 is 0 Å². The van der Waals surface area contributed by atoms with Crippen LogP contribution in [0.15, 0.2) is 51.8 Å². The monoisotopic (exact) mass is 492 g/mol. The molecule has 0 aliphatic rings. The molecule has 0 atom stereocenters. The number of carbonyl (C=O) groups is 1. The predicted molar refractivity (Wildman–Crippen MR) is 113 cm³/mol. The Kier molecular flexibility index (Phi) is 6.24. The van der Waals surface area contributed by atoms with Gasteiger partial charge >= 0.3 is 6.18 Å². The molecule has 0 saturated heterocycles. The van der Waals surface area contributed by atoms with Gasteiger partial charge < -0.3 is 19.7 Å². The Labute approximate surface area is 195 Å². The molecule has 3 heterocycles. The molecule has 0 bridgehead atoms. The molecule has 3 aromatic heterocycles. The van der Waals surface area contributed by atoms with Crippen LogP contribution in [0.1, 0.15) is 22.7 Å². The molecule has 0 fully saturated rings. The molecule has 9 nitrogen and oxygen atoms in total. The van der Waals surface area contributed by atoms with Crippen molar-refractivity contribution < 1.29 is 31.7 Å². The molecule has 0 aliphatic carbocycles. The SMILES string of the molecule is Cc1noc(C)c1-c1ccc(C[n+]2cc([N-]C(=O)Nc3ccc(Cl)c(C(F)(F)F)c3)on2)nc1. The number of alkyl halides is 3. The summed E-state index contributed by atoms with van der Waals surface area (Å²) >= 11 is 5.57. The van der Waals surface area contributed by atoms with E-state index in [2.05, 4.69) is 26.0 Å². The molecule has 1 N–H and O–H groups in total. The first kappa shape index (κ1) is 23.2. The number of aryl methyl sites for hydroxylation is 2. The fraction of sp³-hybridized carbons (Fsp3) is 0.190. The van der Waals surface area contributed by atoms with Gasteiger partial charge in [-0.15, -0.1) is 0 Å². The third-order valence-electron chi connectivity index (χ3n) is 4.70. The average molecular weight is 493 g/mol. The van der Waals surface area contributed by atoms with Gasteiger partial charge in [-0.1, -0.05) is 28.9 Å². The third-order valence-corrected chi connectivity index (χ3v) is 5.03. The summed E-state index contributed by atoms with van der Waals surface area (Å²) in [6.07, 6.45) is -1.63. The standard InChI is InChI=1S/C21H16ClF3N6O3/c1-11-19(12(2)33-29-11)13-3-4-15(26-8-13)9-31-10-18(34-30-31)28-20(32)27-14-5-6-17(22)16(7-14)21(23,24)25/h3-8,10H,9H2,1-2H3,(H-,27,28,30,32). The van der Waals surface area contributed by atoms with E-state index in [0.29, 0.717) is 17.5 Å². The molecular weight excluding hydrogens is 477 g/mol. The largest absolute Gasteiger partial charge is 0.424 e. The van der Waals surface area contributed by atoms with Crippen molar-refractivity contribution in [3.05, 3.63) is 75.8 Å². The second-order valence-corrected chi connectivity index (χ2v) is 7.62. The van der Waals surface area contributed by atoms with E-state index in [1.54, 1.807) is 12.3 Å². The summed E-state index contributed by atoms with van der Waals surface area (Å²) in [5, 5.41) is 13.1. The van der Waals surface area contributed by atoms with Crippen LogP contribution in [-0.4, -0.2) is 21.4 Å². The number of anilines is 1. The van der Waals surface area contributed by atoms with Gasteiger partial charge in [-0.2, -0.15) is 13.2 Å². The number of carbonyl (C=O) groups excluding carboxylic acids is 1. The molecule has 2 amide bonds. The average Bonchev–Trinajstić information content (AvgIpc) is 3.34. The third kappa shape index (κ3) is 5.17. The van der Waals surface area contributed by atoms with E-state index in [-0.39, 0.29) is 18.1 Å². The Morgan fingerprint density at radius 3 is 2.65 bits per heavy atom. The van der Waals surface area contributed by atoms with Crippen LogP contribution in [0.5, 0.6) is 0 Å². The minimum atomic E-state index is -4.66. The molecule has 13 heteroatoms. The summed E-state index contributed by atoms with van der Waals surface area (Å²) in [4.78, 5) is 16.5. The number of halogens is 4. The van der Waals surface area contributed by atoms with Gasteiger partial charge in [0.25, 0.3) is 0 Å². The van der Waals surface area contributed by atoms with Crippen molar-refractivity contribution in [3.63, 3.8) is 0 Å². The fourth-order valence-corrected chi connectivity index (χ4v) is 3.42. The van der Waals surface area contributed by atoms with Gasteiger partial charge in [-0.25, -0.2) is 0 Å². The van der Waals surface area contributed by atoms with Crippen LogP contribution in [0, 0.1) is 13.8 Å². The maximum absolute atomic E-state index is 13.0. The maximum Gasteiger partial charge on any atom is 0.417 e. The van der Waals surface area contributed by atoms with Gasteiger partial charge in [-0.3, -0.25) is 9.78 Å². The molecule has 0 aliphatic heterocycles. The Hall–Kier alpha value is -3.93. The summed E-state index contributed by atoms with van der Waals surface area (Å²) in [5.74, 6) is 0.547. The summed E-state index contributed by atoms with van der Waals surface area (Å²) < 4.78 is 50.4. The Morgan fingerprint density at radius 2 is 2.00 bits per heavy atom. The first-order valence-corrected chi connectivity index (χ1v) is 10.1. The predicted octanol–water partition coefficient (Wildman–Crippen LogP) is 5.59. The number of aromatic nitrogens is 4. The quantitative estimate of drug-likeness (QED) is 0.364. The lowest BCUT2D eigenvalue weighted by molar-refractivity contribution is -0.755. The summed E-state index contributed by atoms with van der Waals surface area (Å²) in [6, 6.07) is 5.70. The molecule has 0 radical (unpaired) electrons. The number of amides is 2. The van der Waals surface area contributed by atoms with Crippen molar-refractivity contribution in [3.8, 4) is 11.1 Å². The van der Waals surface area contributed by atoms with Crippen molar-refractivity contribution in [2.45, 2.75) is 26.6 Å². The number of pyridine rings is 1. The van der Waals surface area contributed by atoms with E-state index < -0.39 is 22.8 Å². The lowest BCUT2D eigenvalue weighted by Gasteiger charge is -2.16. The van der Waals surface area contributed by atoms with Crippen LogP contribution < -0.4 is 10.00 Å². The number of benzene rings is 1. The highest BCUT2D eigenvalue weighted by atomic mass is 35.5. The topological polar surface area (TPSA) is 112 Å². The van der Waals surface area contributed by atoms with Gasteiger partial charge in [0.15, 0.2) is 11.3 Å². The van der Waals surface area contributed by atoms with Gasteiger partial charge in [0.2, 0.25) is 18.6 Å². The van der Waals surface area contributed by atoms with Crippen molar-refractivity contribution >= 4 is 29.2 Å². The zero-order valence-electron chi connectivity index (χ0n) is 17.7. The van der Waals surface area contributed by atoms with Crippen molar-refractivity contribution in [2.24, 2.45) is 0 Å². The first-order valence-electron chi connectivity index (χ1n) is 9.74. The molecule has 34 heavy (non-hydrogen) atoms. The van der Waals surface area contributed by atoms with Crippen LogP contribution in [0.4, 0.5) is 29.5 Å². The lowest BCUT2D eigenvalue weighted by Crippen LogP contribution is -2.35. The summed E-state index contributed by atoms with van der Waals surface area (Å²) in [5.41, 5.74) is 1.95. The molecule has 1 aromatic carbocycles. The smallest absolute Gasteiger partial charge is 0.417 e. The van der Waals surface area contributed by atoms with Crippen molar-refractivity contribution in [1.82, 2.24) is 15.4 Å². The molecular formula is C21H16ClF3N6O3. The van der Waals surface area contributed by atoms with Crippen LogP contribution in [-0.2, 0) is 12.7 Å².